The molecule has 4 heteroatoms. The molecule has 92 valence electrons. The summed E-state index contributed by atoms with van der Waals surface area (Å²) in [6, 6.07) is 0. The van der Waals surface area contributed by atoms with Crippen LogP contribution >= 0.6 is 34.2 Å². The van der Waals surface area contributed by atoms with E-state index in [9.17, 15) is 0 Å². The van der Waals surface area contributed by atoms with E-state index in [1.165, 1.54) is 0 Å². The van der Waals surface area contributed by atoms with Gasteiger partial charge in [-0.1, -0.05) is 42.9 Å². The Bertz CT molecular complexity index is 163. The lowest BCUT2D eigenvalue weighted by molar-refractivity contribution is -0.0718. The van der Waals surface area contributed by atoms with E-state index in [1.807, 2.05) is 6.92 Å². The third-order valence-electron chi connectivity index (χ3n) is 2.74. The Morgan fingerprint density at radius 3 is 2.40 bits per heavy atom. The predicted octanol–water partition coefficient (Wildman–Crippen LogP) is 3.50. The van der Waals surface area contributed by atoms with Crippen LogP contribution < -0.4 is 0 Å². The highest BCUT2D eigenvalue weighted by atomic mass is 127. The average Bonchev–Trinajstić information content (AvgIpc) is 2.29. The van der Waals surface area contributed by atoms with Gasteiger partial charge in [0.1, 0.15) is 0 Å². The molecule has 3 unspecified atom stereocenters. The molecule has 0 aromatic carbocycles. The molecule has 0 aliphatic rings. The third-order valence-corrected chi connectivity index (χ3v) is 4.92. The fourth-order valence-corrected chi connectivity index (χ4v) is 2.10. The van der Waals surface area contributed by atoms with Crippen molar-refractivity contribution in [2.75, 3.05) is 24.0 Å². The number of methoxy groups -OCH3 is 1. The topological polar surface area (TPSA) is 18.5 Å². The summed E-state index contributed by atoms with van der Waals surface area (Å²) < 4.78 is 12.2. The first-order chi connectivity index (χ1) is 7.02. The van der Waals surface area contributed by atoms with Gasteiger partial charge < -0.3 is 9.47 Å². The van der Waals surface area contributed by atoms with Crippen LogP contribution in [0.15, 0.2) is 0 Å². The van der Waals surface area contributed by atoms with Gasteiger partial charge in [-0.3, -0.25) is 0 Å². The van der Waals surface area contributed by atoms with Crippen molar-refractivity contribution in [1.29, 1.82) is 0 Å². The molecule has 3 atom stereocenters. The highest BCUT2D eigenvalue weighted by molar-refractivity contribution is 14.1. The Morgan fingerprint density at radius 1 is 1.47 bits per heavy atom. The second kappa shape index (κ2) is 8.09. The average molecular weight is 349 g/mol. The number of hydrogen-bond donors (Lipinski definition) is 0. The number of hydrogen-bond acceptors (Lipinski definition) is 2. The van der Waals surface area contributed by atoms with E-state index in [0.717, 1.165) is 10.8 Å². The van der Waals surface area contributed by atoms with E-state index in [-0.39, 0.29) is 11.7 Å². The normalized spacial score (nSPS) is 19.6. The van der Waals surface area contributed by atoms with E-state index < -0.39 is 0 Å². The lowest BCUT2D eigenvalue weighted by Gasteiger charge is -2.29. The molecule has 2 nitrogen and oxygen atoms in total. The lowest BCUT2D eigenvalue weighted by atomic mass is 10.0. The fourth-order valence-electron chi connectivity index (χ4n) is 1.12. The molecule has 0 aromatic heterocycles. The Balaban J connectivity index is 4.09. The summed E-state index contributed by atoms with van der Waals surface area (Å²) >= 11 is 8.18. The molecule has 0 amide bonds. The molecular formula is C11H22ClIO2. The Kier molecular flexibility index (Phi) is 8.60. The van der Waals surface area contributed by atoms with Crippen LogP contribution in [0, 0.1) is 5.92 Å². The summed E-state index contributed by atoms with van der Waals surface area (Å²) in [6.07, 6.45) is 1.27. The van der Waals surface area contributed by atoms with Crippen molar-refractivity contribution in [3.05, 3.63) is 0 Å². The van der Waals surface area contributed by atoms with Gasteiger partial charge in [0.25, 0.3) is 0 Å². The van der Waals surface area contributed by atoms with Gasteiger partial charge in [0.05, 0.1) is 24.2 Å². The van der Waals surface area contributed by atoms with Crippen molar-refractivity contribution in [2.45, 2.75) is 38.9 Å². The van der Waals surface area contributed by atoms with Gasteiger partial charge in [-0.05, 0) is 12.8 Å². The standard InChI is InChI=1S/C11H22ClIO2/c1-5-9(2)10(14-4)6-15-11(3,7-12)8-13/h9-10H,5-8H2,1-4H3. The Hall–Kier alpha value is 0.940. The summed E-state index contributed by atoms with van der Waals surface area (Å²) in [5.74, 6) is 1.04. The molecule has 0 fully saturated rings. The van der Waals surface area contributed by atoms with Crippen LogP contribution in [0.25, 0.3) is 0 Å². The van der Waals surface area contributed by atoms with Crippen molar-refractivity contribution in [1.82, 2.24) is 0 Å². The smallest absolute Gasteiger partial charge is 0.0879 e. The Labute approximate surface area is 112 Å². The highest BCUT2D eigenvalue weighted by Crippen LogP contribution is 2.19. The molecule has 0 aliphatic carbocycles. The Morgan fingerprint density at radius 2 is 2.07 bits per heavy atom. The SMILES string of the molecule is CCC(C)C(COC(C)(CCl)CI)OC. The summed E-state index contributed by atoms with van der Waals surface area (Å²) in [6.45, 7) is 7.00. The second-order valence-corrected chi connectivity index (χ2v) is 5.22. The molecule has 0 N–H and O–H groups in total. The summed E-state index contributed by atoms with van der Waals surface area (Å²) in [5.41, 5.74) is -0.230. The lowest BCUT2D eigenvalue weighted by Crippen LogP contribution is -2.38. The molecule has 0 rings (SSSR count). The third kappa shape index (κ3) is 5.71. The molecule has 0 saturated heterocycles. The first-order valence-corrected chi connectivity index (χ1v) is 7.37. The highest BCUT2D eigenvalue weighted by Gasteiger charge is 2.25. The van der Waals surface area contributed by atoms with E-state index in [1.54, 1.807) is 7.11 Å². The van der Waals surface area contributed by atoms with Crippen molar-refractivity contribution < 1.29 is 9.47 Å². The molecule has 15 heavy (non-hydrogen) atoms. The number of ether oxygens (including phenoxy) is 2. The minimum absolute atomic E-state index is 0.167. The molecule has 0 spiro atoms. The molecular weight excluding hydrogens is 326 g/mol. The molecule has 0 heterocycles. The van der Waals surface area contributed by atoms with Crippen LogP contribution in [-0.4, -0.2) is 35.7 Å². The summed E-state index contributed by atoms with van der Waals surface area (Å²) in [5, 5.41) is 0. The molecule has 0 saturated carbocycles. The van der Waals surface area contributed by atoms with Crippen molar-refractivity contribution in [3.63, 3.8) is 0 Å². The fraction of sp³-hybridized carbons (Fsp3) is 1.00. The van der Waals surface area contributed by atoms with Gasteiger partial charge >= 0.3 is 0 Å². The van der Waals surface area contributed by atoms with Gasteiger partial charge in [0.15, 0.2) is 0 Å². The zero-order chi connectivity index (χ0) is 11.9. The second-order valence-electron chi connectivity index (χ2n) is 4.19. The first-order valence-electron chi connectivity index (χ1n) is 5.31. The number of alkyl halides is 2. The van der Waals surface area contributed by atoms with Gasteiger partial charge in [0.2, 0.25) is 0 Å². The van der Waals surface area contributed by atoms with Gasteiger partial charge in [-0.15, -0.1) is 11.6 Å². The van der Waals surface area contributed by atoms with Gasteiger partial charge in [-0.25, -0.2) is 0 Å². The van der Waals surface area contributed by atoms with Crippen LogP contribution in [-0.2, 0) is 9.47 Å². The quantitative estimate of drug-likeness (QED) is 0.494. The molecule has 0 aromatic rings. The van der Waals surface area contributed by atoms with Crippen LogP contribution in [0.2, 0.25) is 0 Å². The molecule has 0 bridgehead atoms. The van der Waals surface area contributed by atoms with Crippen molar-refractivity contribution in [3.8, 4) is 0 Å². The minimum atomic E-state index is -0.230. The van der Waals surface area contributed by atoms with Crippen LogP contribution in [0.3, 0.4) is 0 Å². The van der Waals surface area contributed by atoms with E-state index in [4.69, 9.17) is 21.1 Å². The van der Waals surface area contributed by atoms with Crippen LogP contribution in [0.4, 0.5) is 0 Å². The van der Waals surface area contributed by atoms with Crippen molar-refractivity contribution >= 4 is 34.2 Å². The van der Waals surface area contributed by atoms with Crippen molar-refractivity contribution in [2.24, 2.45) is 5.92 Å². The zero-order valence-corrected chi connectivity index (χ0v) is 13.0. The van der Waals surface area contributed by atoms with Crippen LogP contribution in [0.5, 0.6) is 0 Å². The zero-order valence-electron chi connectivity index (χ0n) is 10.1. The summed E-state index contributed by atoms with van der Waals surface area (Å²) in [4.78, 5) is 0. The van der Waals surface area contributed by atoms with E-state index in [2.05, 4.69) is 36.4 Å². The maximum absolute atomic E-state index is 5.88. The minimum Gasteiger partial charge on any atom is -0.379 e. The predicted molar refractivity (Wildman–Crippen MR) is 74.2 cm³/mol. The largest absolute Gasteiger partial charge is 0.379 e. The number of halogens is 2. The van der Waals surface area contributed by atoms with E-state index in [0.29, 0.717) is 18.4 Å². The van der Waals surface area contributed by atoms with Gasteiger partial charge in [-0.2, -0.15) is 0 Å². The van der Waals surface area contributed by atoms with Gasteiger partial charge in [0, 0.05) is 11.5 Å². The molecule has 0 radical (unpaired) electrons. The maximum atomic E-state index is 5.88. The first kappa shape index (κ1) is 15.9. The molecule has 0 aliphatic heterocycles. The maximum Gasteiger partial charge on any atom is 0.0879 e. The number of rotatable bonds is 8. The monoisotopic (exact) mass is 348 g/mol. The summed E-state index contributed by atoms with van der Waals surface area (Å²) in [7, 11) is 1.74. The van der Waals surface area contributed by atoms with Crippen LogP contribution in [0.1, 0.15) is 27.2 Å². The van der Waals surface area contributed by atoms with E-state index >= 15 is 0 Å².